The third-order valence-corrected chi connectivity index (χ3v) is 2.64. The molecule has 0 saturated carbocycles. The van der Waals surface area contributed by atoms with Crippen LogP contribution in [0.3, 0.4) is 0 Å². The molecule has 0 aliphatic carbocycles. The number of halogens is 1. The molecule has 1 aromatic rings. The standard InChI is InChI=1S/C9H9ClOS2/c1-2-11-9(12)13-8-5-3-4-7(10)6-8/h3-6H,2H2,1H3. The molecule has 0 N–H and O–H groups in total. The largest absolute Gasteiger partial charge is 0.479 e. The maximum atomic E-state index is 5.81. The number of hydrogen-bond donors (Lipinski definition) is 0. The summed E-state index contributed by atoms with van der Waals surface area (Å²) in [6.45, 7) is 2.51. The molecule has 1 rings (SSSR count). The first kappa shape index (κ1) is 10.8. The highest BCUT2D eigenvalue weighted by Crippen LogP contribution is 2.23. The molecule has 0 aliphatic heterocycles. The van der Waals surface area contributed by atoms with Crippen LogP contribution in [0.1, 0.15) is 6.92 Å². The molecule has 4 heteroatoms. The quantitative estimate of drug-likeness (QED) is 0.568. The second-order valence-corrected chi connectivity index (χ2v) is 4.35. The fourth-order valence-electron chi connectivity index (χ4n) is 0.774. The van der Waals surface area contributed by atoms with Crippen molar-refractivity contribution >= 4 is 40.0 Å². The van der Waals surface area contributed by atoms with Gasteiger partial charge in [0.15, 0.2) is 0 Å². The number of rotatable bonds is 2. The van der Waals surface area contributed by atoms with Crippen LogP contribution in [0, 0.1) is 0 Å². The molecular weight excluding hydrogens is 224 g/mol. The lowest BCUT2D eigenvalue weighted by atomic mass is 10.4. The molecule has 0 amide bonds. The average Bonchev–Trinajstić information content (AvgIpc) is 2.04. The molecule has 0 unspecified atom stereocenters. The summed E-state index contributed by atoms with van der Waals surface area (Å²) in [4.78, 5) is 1.01. The van der Waals surface area contributed by atoms with Gasteiger partial charge >= 0.3 is 0 Å². The predicted molar refractivity (Wildman–Crippen MR) is 61.5 cm³/mol. The van der Waals surface area contributed by atoms with Gasteiger partial charge in [-0.05, 0) is 49.1 Å². The fourth-order valence-corrected chi connectivity index (χ4v) is 2.14. The van der Waals surface area contributed by atoms with Crippen LogP contribution < -0.4 is 0 Å². The normalized spacial score (nSPS) is 9.69. The Labute approximate surface area is 92.4 Å². The summed E-state index contributed by atoms with van der Waals surface area (Å²) in [7, 11) is 0. The van der Waals surface area contributed by atoms with Crippen molar-refractivity contribution in [2.45, 2.75) is 11.8 Å². The van der Waals surface area contributed by atoms with Gasteiger partial charge in [-0.15, -0.1) is 0 Å². The molecule has 0 aromatic heterocycles. The van der Waals surface area contributed by atoms with Crippen LogP contribution in [0.4, 0.5) is 0 Å². The summed E-state index contributed by atoms with van der Waals surface area (Å²) in [5, 5.41) is 0.712. The maximum absolute atomic E-state index is 5.81. The van der Waals surface area contributed by atoms with Crippen molar-refractivity contribution in [1.29, 1.82) is 0 Å². The molecule has 1 nitrogen and oxygen atoms in total. The zero-order chi connectivity index (χ0) is 9.68. The van der Waals surface area contributed by atoms with Crippen molar-refractivity contribution in [3.63, 3.8) is 0 Å². The zero-order valence-electron chi connectivity index (χ0n) is 7.12. The van der Waals surface area contributed by atoms with Gasteiger partial charge in [-0.2, -0.15) is 0 Å². The Hall–Kier alpha value is -0.250. The first-order valence-electron chi connectivity index (χ1n) is 3.82. The first-order chi connectivity index (χ1) is 6.22. The number of benzene rings is 1. The van der Waals surface area contributed by atoms with Crippen molar-refractivity contribution in [3.8, 4) is 0 Å². The van der Waals surface area contributed by atoms with Gasteiger partial charge < -0.3 is 4.74 Å². The summed E-state index contributed by atoms with van der Waals surface area (Å²) in [5.74, 6) is 0. The van der Waals surface area contributed by atoms with Crippen LogP contribution in [-0.4, -0.2) is 11.0 Å². The van der Waals surface area contributed by atoms with Gasteiger partial charge in [0.25, 0.3) is 0 Å². The van der Waals surface area contributed by atoms with E-state index in [2.05, 4.69) is 0 Å². The van der Waals surface area contributed by atoms with E-state index in [0.717, 1.165) is 4.90 Å². The highest BCUT2D eigenvalue weighted by Gasteiger charge is 2.00. The van der Waals surface area contributed by atoms with Crippen LogP contribution in [0.5, 0.6) is 0 Å². The van der Waals surface area contributed by atoms with E-state index in [1.54, 1.807) is 0 Å². The number of thioether (sulfide) groups is 1. The molecule has 13 heavy (non-hydrogen) atoms. The van der Waals surface area contributed by atoms with E-state index < -0.39 is 0 Å². The van der Waals surface area contributed by atoms with E-state index in [9.17, 15) is 0 Å². The monoisotopic (exact) mass is 232 g/mol. The summed E-state index contributed by atoms with van der Waals surface area (Å²) in [5.41, 5.74) is 0. The Morgan fingerprint density at radius 2 is 2.38 bits per heavy atom. The summed E-state index contributed by atoms with van der Waals surface area (Å²) < 4.78 is 5.67. The molecule has 70 valence electrons. The molecule has 1 aromatic carbocycles. The van der Waals surface area contributed by atoms with Crippen molar-refractivity contribution in [2.75, 3.05) is 6.61 Å². The smallest absolute Gasteiger partial charge is 0.224 e. The Morgan fingerprint density at radius 1 is 1.62 bits per heavy atom. The molecule has 0 bridgehead atoms. The maximum Gasteiger partial charge on any atom is 0.224 e. The molecule has 0 spiro atoms. The highest BCUT2D eigenvalue weighted by atomic mass is 35.5. The van der Waals surface area contributed by atoms with E-state index in [1.165, 1.54) is 11.8 Å². The third-order valence-electron chi connectivity index (χ3n) is 1.26. The van der Waals surface area contributed by atoms with Crippen LogP contribution in [-0.2, 0) is 4.74 Å². The van der Waals surface area contributed by atoms with Gasteiger partial charge in [-0.25, -0.2) is 0 Å². The molecule has 0 atom stereocenters. The van der Waals surface area contributed by atoms with Crippen molar-refractivity contribution in [3.05, 3.63) is 29.3 Å². The molecular formula is C9H9ClOS2. The van der Waals surface area contributed by atoms with E-state index >= 15 is 0 Å². The first-order valence-corrected chi connectivity index (χ1v) is 5.43. The Bertz CT molecular complexity index is 301. The average molecular weight is 233 g/mol. The molecule has 0 fully saturated rings. The Balaban J connectivity index is 2.58. The molecule has 0 aliphatic rings. The van der Waals surface area contributed by atoms with Crippen LogP contribution >= 0.6 is 35.6 Å². The molecule has 0 radical (unpaired) electrons. The zero-order valence-corrected chi connectivity index (χ0v) is 9.51. The van der Waals surface area contributed by atoms with Gasteiger partial charge in [-0.3, -0.25) is 0 Å². The van der Waals surface area contributed by atoms with Crippen LogP contribution in [0.2, 0.25) is 5.02 Å². The second kappa shape index (κ2) is 5.47. The van der Waals surface area contributed by atoms with E-state index in [4.69, 9.17) is 28.6 Å². The summed E-state index contributed by atoms with van der Waals surface area (Å²) in [6, 6.07) is 7.52. The number of ether oxygens (including phenoxy) is 1. The van der Waals surface area contributed by atoms with E-state index in [1.807, 2.05) is 31.2 Å². The Morgan fingerprint density at radius 3 is 3.00 bits per heavy atom. The summed E-state index contributed by atoms with van der Waals surface area (Å²) in [6.07, 6.45) is 0. The van der Waals surface area contributed by atoms with Gasteiger partial charge in [0.2, 0.25) is 4.38 Å². The minimum atomic E-state index is 0.532. The van der Waals surface area contributed by atoms with Crippen LogP contribution in [0.25, 0.3) is 0 Å². The fraction of sp³-hybridized carbons (Fsp3) is 0.222. The Kier molecular flexibility index (Phi) is 4.56. The topological polar surface area (TPSA) is 9.23 Å². The van der Waals surface area contributed by atoms with Gasteiger partial charge in [-0.1, -0.05) is 17.7 Å². The SMILES string of the molecule is CCOC(=S)Sc1cccc(Cl)c1. The van der Waals surface area contributed by atoms with Crippen LogP contribution in [0.15, 0.2) is 29.2 Å². The van der Waals surface area contributed by atoms with Crippen molar-refractivity contribution in [1.82, 2.24) is 0 Å². The summed E-state index contributed by atoms with van der Waals surface area (Å²) >= 11 is 12.2. The lowest BCUT2D eigenvalue weighted by Gasteiger charge is -2.03. The lowest BCUT2D eigenvalue weighted by Crippen LogP contribution is -1.94. The second-order valence-electron chi connectivity index (χ2n) is 2.24. The third kappa shape index (κ3) is 3.98. The van der Waals surface area contributed by atoms with E-state index in [-0.39, 0.29) is 0 Å². The lowest BCUT2D eigenvalue weighted by molar-refractivity contribution is 0.346. The van der Waals surface area contributed by atoms with Crippen molar-refractivity contribution in [2.24, 2.45) is 0 Å². The predicted octanol–water partition coefficient (Wildman–Crippen LogP) is 3.75. The van der Waals surface area contributed by atoms with Gasteiger partial charge in [0.1, 0.15) is 0 Å². The van der Waals surface area contributed by atoms with E-state index in [0.29, 0.717) is 16.0 Å². The van der Waals surface area contributed by atoms with Gasteiger partial charge in [0.05, 0.1) is 6.61 Å². The minimum absolute atomic E-state index is 0.532. The number of hydrogen-bond acceptors (Lipinski definition) is 3. The number of thiocarbonyl (C=S) groups is 1. The van der Waals surface area contributed by atoms with Gasteiger partial charge in [0, 0.05) is 9.92 Å². The minimum Gasteiger partial charge on any atom is -0.479 e. The molecule has 0 saturated heterocycles. The highest BCUT2D eigenvalue weighted by molar-refractivity contribution is 8.22. The van der Waals surface area contributed by atoms with Crippen molar-refractivity contribution < 1.29 is 4.74 Å². The molecule has 0 heterocycles.